The molecule has 2 rings (SSSR count). The zero-order valence-electron chi connectivity index (χ0n) is 12.8. The van der Waals surface area contributed by atoms with Crippen LogP contribution in [0.25, 0.3) is 0 Å². The van der Waals surface area contributed by atoms with Crippen LogP contribution in [0.2, 0.25) is 0 Å². The molecule has 1 aromatic carbocycles. The fourth-order valence-electron chi connectivity index (χ4n) is 2.57. The highest BCUT2D eigenvalue weighted by Crippen LogP contribution is 2.28. The lowest BCUT2D eigenvalue weighted by Gasteiger charge is -2.20. The fourth-order valence-corrected chi connectivity index (χ4v) is 3.88. The van der Waals surface area contributed by atoms with Gasteiger partial charge in [0.05, 0.1) is 6.61 Å². The normalized spacial score (nSPS) is 15.7. The van der Waals surface area contributed by atoms with Crippen molar-refractivity contribution in [1.29, 1.82) is 0 Å². The average molecular weight is 307 g/mol. The summed E-state index contributed by atoms with van der Waals surface area (Å²) in [6, 6.07) is 7.54. The van der Waals surface area contributed by atoms with E-state index < -0.39 is 0 Å². The lowest BCUT2D eigenvalue weighted by Crippen LogP contribution is -2.14. The first-order chi connectivity index (χ1) is 10.3. The first-order valence-electron chi connectivity index (χ1n) is 7.92. The second-order valence-corrected chi connectivity index (χ2v) is 6.79. The Morgan fingerprint density at radius 1 is 1.24 bits per heavy atom. The maximum Gasteiger partial charge on any atom is 0.225 e. The second-order valence-electron chi connectivity index (χ2n) is 5.39. The van der Waals surface area contributed by atoms with Crippen molar-refractivity contribution in [2.45, 2.75) is 50.7 Å². The van der Waals surface area contributed by atoms with Crippen LogP contribution in [0, 0.1) is 0 Å². The first kappa shape index (κ1) is 16.2. The summed E-state index contributed by atoms with van der Waals surface area (Å²) >= 11 is 1.96. The summed E-state index contributed by atoms with van der Waals surface area (Å²) in [4.78, 5) is 11.9. The van der Waals surface area contributed by atoms with Gasteiger partial charge in [-0.25, -0.2) is 0 Å². The van der Waals surface area contributed by atoms with Crippen LogP contribution in [0.1, 0.15) is 45.4 Å². The Kier molecular flexibility index (Phi) is 6.93. The Morgan fingerprint density at radius 2 is 1.95 bits per heavy atom. The van der Waals surface area contributed by atoms with Gasteiger partial charge in [0.1, 0.15) is 5.75 Å². The molecule has 4 heteroatoms. The van der Waals surface area contributed by atoms with Crippen molar-refractivity contribution in [3.8, 4) is 5.75 Å². The van der Waals surface area contributed by atoms with E-state index in [0.29, 0.717) is 13.0 Å². The number of anilines is 1. The van der Waals surface area contributed by atoms with E-state index in [1.54, 1.807) is 0 Å². The highest BCUT2D eigenvalue weighted by atomic mass is 32.2. The van der Waals surface area contributed by atoms with E-state index in [9.17, 15) is 4.79 Å². The van der Waals surface area contributed by atoms with Crippen LogP contribution in [0.3, 0.4) is 0 Å². The van der Waals surface area contributed by atoms with E-state index in [2.05, 4.69) is 5.32 Å². The van der Waals surface area contributed by atoms with Crippen molar-refractivity contribution < 1.29 is 9.53 Å². The molecule has 0 unspecified atom stereocenters. The summed E-state index contributed by atoms with van der Waals surface area (Å²) in [5, 5.41) is 3.72. The molecule has 0 aromatic heterocycles. The summed E-state index contributed by atoms with van der Waals surface area (Å²) in [5.74, 6) is 1.86. The molecule has 0 bridgehead atoms. The third kappa shape index (κ3) is 6.00. The SMILES string of the molecule is CCOc1ccc(NC(=O)CCSC2CCCCC2)cc1. The molecule has 0 radical (unpaired) electrons. The van der Waals surface area contributed by atoms with Crippen LogP contribution in [0.15, 0.2) is 24.3 Å². The van der Waals surface area contributed by atoms with Crippen molar-refractivity contribution in [1.82, 2.24) is 0 Å². The third-order valence-electron chi connectivity index (χ3n) is 3.68. The van der Waals surface area contributed by atoms with Gasteiger partial charge >= 0.3 is 0 Å². The molecule has 21 heavy (non-hydrogen) atoms. The Hall–Kier alpha value is -1.16. The number of benzene rings is 1. The van der Waals surface area contributed by atoms with Crippen LogP contribution in [0.5, 0.6) is 5.75 Å². The molecule has 1 N–H and O–H groups in total. The summed E-state index contributed by atoms with van der Waals surface area (Å²) < 4.78 is 5.38. The number of ether oxygens (including phenoxy) is 1. The second kappa shape index (κ2) is 8.98. The van der Waals surface area contributed by atoms with E-state index in [-0.39, 0.29) is 5.91 Å². The maximum atomic E-state index is 11.9. The van der Waals surface area contributed by atoms with Gasteiger partial charge in [-0.15, -0.1) is 0 Å². The number of rotatable bonds is 7. The minimum absolute atomic E-state index is 0.0995. The fraction of sp³-hybridized carbons (Fsp3) is 0.588. The van der Waals surface area contributed by atoms with Crippen LogP contribution in [-0.4, -0.2) is 23.5 Å². The van der Waals surface area contributed by atoms with Crippen molar-refractivity contribution >= 4 is 23.4 Å². The zero-order chi connectivity index (χ0) is 14.9. The van der Waals surface area contributed by atoms with Crippen LogP contribution < -0.4 is 10.1 Å². The lowest BCUT2D eigenvalue weighted by atomic mass is 10.0. The molecule has 0 atom stereocenters. The van der Waals surface area contributed by atoms with Crippen molar-refractivity contribution in [2.24, 2.45) is 0 Å². The van der Waals surface area contributed by atoms with Gasteiger partial charge in [-0.05, 0) is 44.0 Å². The first-order valence-corrected chi connectivity index (χ1v) is 8.97. The van der Waals surface area contributed by atoms with Crippen LogP contribution >= 0.6 is 11.8 Å². The standard InChI is InChI=1S/C17H25NO2S/c1-2-20-15-10-8-14(9-11-15)18-17(19)12-13-21-16-6-4-3-5-7-16/h8-11,16H,2-7,12-13H2,1H3,(H,18,19). The number of nitrogens with one attached hydrogen (secondary N) is 1. The molecule has 3 nitrogen and oxygen atoms in total. The minimum atomic E-state index is 0.0995. The summed E-state index contributed by atoms with van der Waals surface area (Å²) in [6.45, 7) is 2.61. The molecule has 1 amide bonds. The minimum Gasteiger partial charge on any atom is -0.494 e. The van der Waals surface area contributed by atoms with Crippen LogP contribution in [-0.2, 0) is 4.79 Å². The van der Waals surface area contributed by atoms with E-state index in [0.717, 1.165) is 22.4 Å². The van der Waals surface area contributed by atoms with Crippen molar-refractivity contribution in [2.75, 3.05) is 17.7 Å². The van der Waals surface area contributed by atoms with Gasteiger partial charge in [0, 0.05) is 23.1 Å². The number of thioether (sulfide) groups is 1. The zero-order valence-corrected chi connectivity index (χ0v) is 13.6. The van der Waals surface area contributed by atoms with E-state index in [1.165, 1.54) is 32.1 Å². The van der Waals surface area contributed by atoms with Gasteiger partial charge in [-0.2, -0.15) is 11.8 Å². The Labute approximate surface area is 131 Å². The Morgan fingerprint density at radius 3 is 2.62 bits per heavy atom. The molecule has 1 aliphatic carbocycles. The molecule has 116 valence electrons. The predicted molar refractivity (Wildman–Crippen MR) is 90.2 cm³/mol. The molecule has 0 saturated heterocycles. The predicted octanol–water partition coefficient (Wildman–Crippen LogP) is 4.48. The van der Waals surface area contributed by atoms with Gasteiger partial charge in [-0.3, -0.25) is 4.79 Å². The largest absolute Gasteiger partial charge is 0.494 e. The summed E-state index contributed by atoms with van der Waals surface area (Å²) in [5.41, 5.74) is 0.839. The summed E-state index contributed by atoms with van der Waals surface area (Å²) in [6.07, 6.45) is 7.34. The molecule has 0 aliphatic heterocycles. The quantitative estimate of drug-likeness (QED) is 0.807. The topological polar surface area (TPSA) is 38.3 Å². The molecule has 1 saturated carbocycles. The summed E-state index contributed by atoms with van der Waals surface area (Å²) in [7, 11) is 0. The number of amides is 1. The van der Waals surface area contributed by atoms with E-state index in [4.69, 9.17) is 4.74 Å². The van der Waals surface area contributed by atoms with Gasteiger partial charge in [0.25, 0.3) is 0 Å². The van der Waals surface area contributed by atoms with Gasteiger partial charge in [-0.1, -0.05) is 19.3 Å². The van der Waals surface area contributed by atoms with Gasteiger partial charge in [0.15, 0.2) is 0 Å². The average Bonchev–Trinajstić information content (AvgIpc) is 2.51. The van der Waals surface area contributed by atoms with Gasteiger partial charge in [0.2, 0.25) is 5.91 Å². The molecule has 0 spiro atoms. The molecular formula is C17H25NO2S. The molecular weight excluding hydrogens is 282 g/mol. The van der Waals surface area contributed by atoms with Gasteiger partial charge < -0.3 is 10.1 Å². The Balaban J connectivity index is 1.66. The van der Waals surface area contributed by atoms with Crippen molar-refractivity contribution in [3.63, 3.8) is 0 Å². The molecule has 0 heterocycles. The monoisotopic (exact) mass is 307 g/mol. The smallest absolute Gasteiger partial charge is 0.225 e. The number of carbonyl (C=O) groups excluding carboxylic acids is 1. The molecule has 1 fully saturated rings. The Bertz CT molecular complexity index is 427. The number of hydrogen-bond donors (Lipinski definition) is 1. The highest BCUT2D eigenvalue weighted by molar-refractivity contribution is 7.99. The lowest BCUT2D eigenvalue weighted by molar-refractivity contribution is -0.115. The molecule has 1 aromatic rings. The van der Waals surface area contributed by atoms with E-state index >= 15 is 0 Å². The highest BCUT2D eigenvalue weighted by Gasteiger charge is 2.14. The van der Waals surface area contributed by atoms with Crippen molar-refractivity contribution in [3.05, 3.63) is 24.3 Å². The number of carbonyl (C=O) groups is 1. The van der Waals surface area contributed by atoms with E-state index in [1.807, 2.05) is 43.0 Å². The third-order valence-corrected chi connectivity index (χ3v) is 5.07. The molecule has 1 aliphatic rings. The number of hydrogen-bond acceptors (Lipinski definition) is 3. The van der Waals surface area contributed by atoms with Crippen LogP contribution in [0.4, 0.5) is 5.69 Å². The maximum absolute atomic E-state index is 11.9.